The maximum atomic E-state index is 12.9. The third-order valence-electron chi connectivity index (χ3n) is 4.52. The maximum absolute atomic E-state index is 12.9. The summed E-state index contributed by atoms with van der Waals surface area (Å²) < 4.78 is 44.3. The first-order valence-corrected chi connectivity index (χ1v) is 10.4. The van der Waals surface area contributed by atoms with Crippen molar-refractivity contribution in [3.8, 4) is 11.8 Å². The van der Waals surface area contributed by atoms with E-state index in [-0.39, 0.29) is 23.6 Å². The van der Waals surface area contributed by atoms with Crippen molar-refractivity contribution in [3.05, 3.63) is 94.5 Å². The fourth-order valence-electron chi connectivity index (χ4n) is 2.88. The number of hydrogen-bond donors (Lipinski definition) is 2. The van der Waals surface area contributed by atoms with Crippen LogP contribution in [0, 0.1) is 11.3 Å². The summed E-state index contributed by atoms with van der Waals surface area (Å²) in [5.74, 6) is -1.13. The highest BCUT2D eigenvalue weighted by Crippen LogP contribution is 2.31. The van der Waals surface area contributed by atoms with Crippen LogP contribution < -0.4 is 15.4 Å². The number of carbonyl (C=O) groups is 2. The van der Waals surface area contributed by atoms with Crippen LogP contribution in [0.1, 0.15) is 11.1 Å². The van der Waals surface area contributed by atoms with Gasteiger partial charge in [0.25, 0.3) is 11.8 Å². The van der Waals surface area contributed by atoms with Gasteiger partial charge in [-0.15, -0.1) is 0 Å². The molecule has 0 aliphatic carbocycles. The molecule has 2 N–H and O–H groups in total. The zero-order valence-corrected chi connectivity index (χ0v) is 18.7. The van der Waals surface area contributed by atoms with Gasteiger partial charge < -0.3 is 15.4 Å². The van der Waals surface area contributed by atoms with Gasteiger partial charge in [0.05, 0.1) is 5.56 Å². The number of rotatable bonds is 7. The Bertz CT molecular complexity index is 1300. The van der Waals surface area contributed by atoms with Crippen LogP contribution in [0.3, 0.4) is 0 Å². The lowest BCUT2D eigenvalue weighted by Gasteiger charge is -2.11. The average Bonchev–Trinajstić information content (AvgIpc) is 2.83. The van der Waals surface area contributed by atoms with Crippen LogP contribution in [-0.2, 0) is 15.8 Å². The number of para-hydroxylation sites is 1. The number of ether oxygens (including phenoxy) is 1. The van der Waals surface area contributed by atoms with Crippen LogP contribution in [0.4, 0.5) is 24.5 Å². The van der Waals surface area contributed by atoms with Crippen LogP contribution in [0.2, 0.25) is 5.02 Å². The van der Waals surface area contributed by atoms with E-state index in [1.54, 1.807) is 54.6 Å². The first-order chi connectivity index (χ1) is 16.7. The molecule has 0 bridgehead atoms. The van der Waals surface area contributed by atoms with Gasteiger partial charge in [-0.1, -0.05) is 35.9 Å². The molecule has 0 unspecified atom stereocenters. The zero-order chi connectivity index (χ0) is 25.4. The topological polar surface area (TPSA) is 91.2 Å². The molecule has 0 atom stereocenters. The molecule has 0 saturated heterocycles. The van der Waals surface area contributed by atoms with Crippen molar-refractivity contribution in [2.45, 2.75) is 6.18 Å². The minimum atomic E-state index is -4.58. The third-order valence-corrected chi connectivity index (χ3v) is 4.77. The molecule has 0 aromatic heterocycles. The monoisotopic (exact) mass is 499 g/mol. The molecular formula is C25H17ClF3N3O3. The second kappa shape index (κ2) is 11.2. The van der Waals surface area contributed by atoms with Gasteiger partial charge >= 0.3 is 6.18 Å². The fraction of sp³-hybridized carbons (Fsp3) is 0.0800. The predicted molar refractivity (Wildman–Crippen MR) is 126 cm³/mol. The Hall–Kier alpha value is -4.29. The van der Waals surface area contributed by atoms with Crippen LogP contribution in [0.25, 0.3) is 6.08 Å². The second-order valence-electron chi connectivity index (χ2n) is 7.08. The number of carbonyl (C=O) groups excluding carboxylic acids is 2. The molecular weight excluding hydrogens is 483 g/mol. The third kappa shape index (κ3) is 7.35. The van der Waals surface area contributed by atoms with Gasteiger partial charge in [-0.25, -0.2) is 0 Å². The molecule has 0 aliphatic rings. The number of benzene rings is 3. The predicted octanol–water partition coefficient (Wildman–Crippen LogP) is 5.92. The molecule has 35 heavy (non-hydrogen) atoms. The van der Waals surface area contributed by atoms with E-state index in [4.69, 9.17) is 16.3 Å². The van der Waals surface area contributed by atoms with Gasteiger partial charge in [0.1, 0.15) is 17.4 Å². The summed E-state index contributed by atoms with van der Waals surface area (Å²) in [6.07, 6.45) is -3.36. The molecule has 0 heterocycles. The molecule has 0 spiro atoms. The van der Waals surface area contributed by atoms with Crippen molar-refractivity contribution < 1.29 is 27.5 Å². The number of halogens is 4. The SMILES string of the molecule is N#C/C(=C\c1ccccc1OCC(=O)Nc1ccc(Cl)cc1)C(=O)Nc1cccc(C(F)(F)F)c1. The van der Waals surface area contributed by atoms with Crippen LogP contribution >= 0.6 is 11.6 Å². The molecule has 0 aliphatic heterocycles. The van der Waals surface area contributed by atoms with Crippen LogP contribution in [0.15, 0.2) is 78.4 Å². The summed E-state index contributed by atoms with van der Waals surface area (Å²) in [5, 5.41) is 14.9. The molecule has 10 heteroatoms. The van der Waals surface area contributed by atoms with E-state index in [2.05, 4.69) is 10.6 Å². The van der Waals surface area contributed by atoms with Gasteiger partial charge in [-0.3, -0.25) is 9.59 Å². The van der Waals surface area contributed by atoms with Crippen LogP contribution in [0.5, 0.6) is 5.75 Å². The first-order valence-electron chi connectivity index (χ1n) is 10.0. The van der Waals surface area contributed by atoms with E-state index < -0.39 is 23.6 Å². The molecule has 3 aromatic rings. The van der Waals surface area contributed by atoms with Crippen molar-refractivity contribution in [2.24, 2.45) is 0 Å². The molecule has 0 saturated carbocycles. The first kappa shape index (κ1) is 25.3. The zero-order valence-electron chi connectivity index (χ0n) is 17.9. The number of anilines is 2. The van der Waals surface area contributed by atoms with Crippen molar-refractivity contribution in [1.82, 2.24) is 0 Å². The smallest absolute Gasteiger partial charge is 0.416 e. The Balaban J connectivity index is 1.71. The normalized spacial score (nSPS) is 11.3. The highest BCUT2D eigenvalue weighted by atomic mass is 35.5. The Kier molecular flexibility index (Phi) is 8.12. The molecule has 2 amide bonds. The quantitative estimate of drug-likeness (QED) is 0.312. The van der Waals surface area contributed by atoms with Crippen LogP contribution in [-0.4, -0.2) is 18.4 Å². The molecule has 0 fully saturated rings. The summed E-state index contributed by atoms with van der Waals surface area (Å²) in [4.78, 5) is 24.7. The Morgan fingerprint density at radius 3 is 2.37 bits per heavy atom. The van der Waals surface area contributed by atoms with Gasteiger partial charge in [-0.2, -0.15) is 18.4 Å². The standard InChI is InChI=1S/C25H17ClF3N3O3/c26-19-8-10-20(11-9-19)31-23(33)15-35-22-7-2-1-4-16(22)12-17(14-30)24(34)32-21-6-3-5-18(13-21)25(27,28)29/h1-13H,15H2,(H,31,33)(H,32,34)/b17-12+. The van der Waals surface area contributed by atoms with Gasteiger partial charge in [0.15, 0.2) is 6.61 Å². The summed E-state index contributed by atoms with van der Waals surface area (Å²) >= 11 is 5.81. The summed E-state index contributed by atoms with van der Waals surface area (Å²) in [6, 6.07) is 18.6. The van der Waals surface area contributed by atoms with E-state index in [0.29, 0.717) is 16.3 Å². The molecule has 3 aromatic carbocycles. The largest absolute Gasteiger partial charge is 0.483 e. The minimum absolute atomic E-state index is 0.116. The molecule has 6 nitrogen and oxygen atoms in total. The fourth-order valence-corrected chi connectivity index (χ4v) is 3.01. The number of nitrogens with zero attached hydrogens (tertiary/aromatic N) is 1. The highest BCUT2D eigenvalue weighted by molar-refractivity contribution is 6.30. The summed E-state index contributed by atoms with van der Waals surface area (Å²) in [5.41, 5.74) is -0.580. The molecule has 178 valence electrons. The lowest BCUT2D eigenvalue weighted by molar-refractivity contribution is -0.137. The van der Waals surface area contributed by atoms with E-state index in [9.17, 15) is 28.0 Å². The van der Waals surface area contributed by atoms with Gasteiger partial charge in [0, 0.05) is 22.0 Å². The minimum Gasteiger partial charge on any atom is -0.483 e. The van der Waals surface area contributed by atoms with E-state index >= 15 is 0 Å². The lowest BCUT2D eigenvalue weighted by atomic mass is 10.1. The van der Waals surface area contributed by atoms with Crippen molar-refractivity contribution in [2.75, 3.05) is 17.2 Å². The van der Waals surface area contributed by atoms with E-state index in [1.165, 1.54) is 12.1 Å². The maximum Gasteiger partial charge on any atom is 0.416 e. The van der Waals surface area contributed by atoms with Crippen molar-refractivity contribution >= 4 is 40.9 Å². The Morgan fingerprint density at radius 1 is 0.971 bits per heavy atom. The second-order valence-corrected chi connectivity index (χ2v) is 7.52. The number of nitrogens with one attached hydrogen (secondary N) is 2. The van der Waals surface area contributed by atoms with Crippen molar-refractivity contribution in [3.63, 3.8) is 0 Å². The lowest BCUT2D eigenvalue weighted by Crippen LogP contribution is -2.20. The average molecular weight is 500 g/mol. The Morgan fingerprint density at radius 2 is 1.69 bits per heavy atom. The number of alkyl halides is 3. The Labute approximate surface area is 203 Å². The summed E-state index contributed by atoms with van der Waals surface area (Å²) in [6.45, 7) is -0.355. The van der Waals surface area contributed by atoms with E-state index in [1.807, 2.05) is 0 Å². The van der Waals surface area contributed by atoms with Gasteiger partial charge in [-0.05, 0) is 54.6 Å². The molecule has 3 rings (SSSR count). The number of nitriles is 1. The van der Waals surface area contributed by atoms with Gasteiger partial charge in [0.2, 0.25) is 0 Å². The highest BCUT2D eigenvalue weighted by Gasteiger charge is 2.30. The van der Waals surface area contributed by atoms with Crippen molar-refractivity contribution in [1.29, 1.82) is 5.26 Å². The number of amides is 2. The molecule has 0 radical (unpaired) electrons. The number of hydrogen-bond acceptors (Lipinski definition) is 4. The summed E-state index contributed by atoms with van der Waals surface area (Å²) in [7, 11) is 0. The van der Waals surface area contributed by atoms with E-state index in [0.717, 1.165) is 18.2 Å².